The van der Waals surface area contributed by atoms with E-state index in [1.54, 1.807) is 6.07 Å². The second-order valence-electron chi connectivity index (χ2n) is 4.99. The molecule has 1 unspecified atom stereocenters. The van der Waals surface area contributed by atoms with Crippen LogP contribution in [0, 0.1) is 12.7 Å². The molecule has 0 aliphatic heterocycles. The van der Waals surface area contributed by atoms with Crippen LogP contribution in [0.2, 0.25) is 0 Å². The number of nitrogens with zero attached hydrogens (tertiary/aromatic N) is 2. The average molecular weight is 368 g/mol. The van der Waals surface area contributed by atoms with Crippen LogP contribution in [0.15, 0.2) is 40.9 Å². The summed E-state index contributed by atoms with van der Waals surface area (Å²) in [6, 6.07) is 10.6. The minimum Gasteiger partial charge on any atom is -0.295 e. The van der Waals surface area contributed by atoms with Crippen molar-refractivity contribution in [1.82, 2.24) is 9.55 Å². The molecule has 108 valence electrons. The molecule has 2 nitrogen and oxygen atoms in total. The number of hydrogen-bond donors (Lipinski definition) is 0. The number of hydrogen-bond acceptors (Lipinski definition) is 1. The predicted octanol–water partition coefficient (Wildman–Crippen LogP) is 5.54. The van der Waals surface area contributed by atoms with Gasteiger partial charge in [-0.1, -0.05) is 15.9 Å². The lowest BCUT2D eigenvalue weighted by Crippen LogP contribution is -2.02. The second-order valence-corrected chi connectivity index (χ2v) is 6.50. The zero-order valence-corrected chi connectivity index (χ0v) is 13.9. The van der Waals surface area contributed by atoms with Gasteiger partial charge in [0, 0.05) is 16.2 Å². The number of fused-ring (bicyclic) bond motifs is 1. The minimum atomic E-state index is -0.298. The van der Waals surface area contributed by atoms with E-state index in [9.17, 15) is 4.39 Å². The van der Waals surface area contributed by atoms with Crippen molar-refractivity contribution in [2.24, 2.45) is 0 Å². The number of rotatable bonds is 2. The van der Waals surface area contributed by atoms with Crippen LogP contribution in [0.25, 0.3) is 16.7 Å². The predicted molar refractivity (Wildman–Crippen MR) is 87.7 cm³/mol. The lowest BCUT2D eigenvalue weighted by Gasteiger charge is -2.12. The molecule has 3 rings (SSSR count). The van der Waals surface area contributed by atoms with E-state index < -0.39 is 0 Å². The van der Waals surface area contributed by atoms with Crippen molar-refractivity contribution >= 4 is 38.6 Å². The van der Waals surface area contributed by atoms with E-state index in [1.807, 2.05) is 30.5 Å². The maximum absolute atomic E-state index is 13.4. The first-order chi connectivity index (χ1) is 9.97. The van der Waals surface area contributed by atoms with Crippen molar-refractivity contribution < 1.29 is 4.39 Å². The van der Waals surface area contributed by atoms with Crippen molar-refractivity contribution in [3.8, 4) is 5.69 Å². The smallest absolute Gasteiger partial charge is 0.132 e. The van der Waals surface area contributed by atoms with Gasteiger partial charge in [0.15, 0.2) is 0 Å². The van der Waals surface area contributed by atoms with E-state index in [-0.39, 0.29) is 11.2 Å². The van der Waals surface area contributed by atoms with Crippen LogP contribution in [0.1, 0.15) is 23.7 Å². The van der Waals surface area contributed by atoms with Crippen LogP contribution in [-0.2, 0) is 0 Å². The summed E-state index contributed by atoms with van der Waals surface area (Å²) in [5, 5.41) is -0.274. The van der Waals surface area contributed by atoms with Crippen molar-refractivity contribution in [3.63, 3.8) is 0 Å². The number of alkyl halides is 1. The summed E-state index contributed by atoms with van der Waals surface area (Å²) in [7, 11) is 0. The van der Waals surface area contributed by atoms with E-state index in [4.69, 9.17) is 11.6 Å². The molecule has 3 aromatic rings. The van der Waals surface area contributed by atoms with Gasteiger partial charge in [-0.05, 0) is 49.7 Å². The molecule has 1 heterocycles. The lowest BCUT2D eigenvalue weighted by molar-refractivity contribution is 0.629. The standard InChI is InChI=1S/C16H13BrClFN2/c1-9-7-12(4-5-13(9)17)21-15-6-3-11(19)8-14(15)20-16(21)10(2)18/h3-8,10H,1-2H3. The number of aryl methyl sites for hydroxylation is 1. The molecule has 21 heavy (non-hydrogen) atoms. The third-order valence-corrected chi connectivity index (χ3v) is 4.48. The number of halogens is 3. The van der Waals surface area contributed by atoms with E-state index in [2.05, 4.69) is 27.0 Å². The van der Waals surface area contributed by atoms with Crippen LogP contribution in [0.3, 0.4) is 0 Å². The highest BCUT2D eigenvalue weighted by Crippen LogP contribution is 2.30. The molecular weight excluding hydrogens is 355 g/mol. The average Bonchev–Trinajstić information content (AvgIpc) is 2.80. The molecule has 2 aromatic carbocycles. The first-order valence-corrected chi connectivity index (χ1v) is 7.79. The maximum atomic E-state index is 13.4. The van der Waals surface area contributed by atoms with Gasteiger partial charge in [0.1, 0.15) is 11.6 Å². The fraction of sp³-hybridized carbons (Fsp3) is 0.188. The van der Waals surface area contributed by atoms with Crippen molar-refractivity contribution in [2.45, 2.75) is 19.2 Å². The quantitative estimate of drug-likeness (QED) is 0.544. The molecule has 1 aromatic heterocycles. The third kappa shape index (κ3) is 2.58. The molecule has 0 aliphatic rings. The molecule has 5 heteroatoms. The summed E-state index contributed by atoms with van der Waals surface area (Å²) in [6.45, 7) is 3.89. The fourth-order valence-electron chi connectivity index (χ4n) is 2.38. The highest BCUT2D eigenvalue weighted by Gasteiger charge is 2.17. The SMILES string of the molecule is Cc1cc(-n2c(C(C)Cl)nc3cc(F)ccc32)ccc1Br. The van der Waals surface area contributed by atoms with Gasteiger partial charge in [0.2, 0.25) is 0 Å². The van der Waals surface area contributed by atoms with Gasteiger partial charge in [-0.2, -0.15) is 0 Å². The Morgan fingerprint density at radius 2 is 2.00 bits per heavy atom. The first kappa shape index (κ1) is 14.5. The molecule has 0 fully saturated rings. The van der Waals surface area contributed by atoms with Crippen molar-refractivity contribution in [3.05, 3.63) is 58.1 Å². The molecule has 0 spiro atoms. The van der Waals surface area contributed by atoms with E-state index >= 15 is 0 Å². The Morgan fingerprint density at radius 3 is 2.67 bits per heavy atom. The van der Waals surface area contributed by atoms with Crippen LogP contribution in [-0.4, -0.2) is 9.55 Å². The summed E-state index contributed by atoms with van der Waals surface area (Å²) < 4.78 is 16.4. The zero-order chi connectivity index (χ0) is 15.1. The Morgan fingerprint density at radius 1 is 1.24 bits per heavy atom. The maximum Gasteiger partial charge on any atom is 0.132 e. The number of aromatic nitrogens is 2. The monoisotopic (exact) mass is 366 g/mol. The van der Waals surface area contributed by atoms with Crippen molar-refractivity contribution in [1.29, 1.82) is 0 Å². The summed E-state index contributed by atoms with van der Waals surface area (Å²) in [5.41, 5.74) is 3.54. The summed E-state index contributed by atoms with van der Waals surface area (Å²) in [4.78, 5) is 4.48. The Hall–Kier alpha value is -1.39. The summed E-state index contributed by atoms with van der Waals surface area (Å²) in [6.07, 6.45) is 0. The van der Waals surface area contributed by atoms with Gasteiger partial charge >= 0.3 is 0 Å². The largest absolute Gasteiger partial charge is 0.295 e. The van der Waals surface area contributed by atoms with Gasteiger partial charge in [0.05, 0.1) is 16.4 Å². The molecule has 0 saturated heterocycles. The van der Waals surface area contributed by atoms with Crippen molar-refractivity contribution in [2.75, 3.05) is 0 Å². The number of imidazole rings is 1. The zero-order valence-electron chi connectivity index (χ0n) is 11.6. The van der Waals surface area contributed by atoms with Gasteiger partial charge in [0.25, 0.3) is 0 Å². The van der Waals surface area contributed by atoms with Gasteiger partial charge in [-0.15, -0.1) is 11.6 Å². The van der Waals surface area contributed by atoms with E-state index in [0.29, 0.717) is 11.3 Å². The topological polar surface area (TPSA) is 17.8 Å². The first-order valence-electron chi connectivity index (χ1n) is 6.56. The van der Waals surface area contributed by atoms with Crippen LogP contribution < -0.4 is 0 Å². The molecule has 0 radical (unpaired) electrons. The minimum absolute atomic E-state index is 0.274. The Labute approximate surface area is 135 Å². The third-order valence-electron chi connectivity index (χ3n) is 3.40. The summed E-state index contributed by atoms with van der Waals surface area (Å²) in [5.74, 6) is 0.409. The molecule has 0 bridgehead atoms. The van der Waals surface area contributed by atoms with Crippen LogP contribution in [0.4, 0.5) is 4.39 Å². The van der Waals surface area contributed by atoms with Gasteiger partial charge < -0.3 is 0 Å². The highest BCUT2D eigenvalue weighted by atomic mass is 79.9. The Balaban J connectivity index is 2.33. The van der Waals surface area contributed by atoms with E-state index in [1.165, 1.54) is 12.1 Å². The van der Waals surface area contributed by atoms with Gasteiger partial charge in [-0.25, -0.2) is 9.37 Å². The number of benzene rings is 2. The van der Waals surface area contributed by atoms with Crippen LogP contribution in [0.5, 0.6) is 0 Å². The van der Waals surface area contributed by atoms with Gasteiger partial charge in [-0.3, -0.25) is 4.57 Å². The van der Waals surface area contributed by atoms with E-state index in [0.717, 1.165) is 21.2 Å². The molecule has 0 N–H and O–H groups in total. The Bertz CT molecular complexity index is 827. The molecule has 0 aliphatic carbocycles. The fourth-order valence-corrected chi connectivity index (χ4v) is 2.77. The highest BCUT2D eigenvalue weighted by molar-refractivity contribution is 9.10. The summed E-state index contributed by atoms with van der Waals surface area (Å²) >= 11 is 9.75. The molecule has 1 atom stereocenters. The Kier molecular flexibility index (Phi) is 3.76. The molecule has 0 saturated carbocycles. The van der Waals surface area contributed by atoms with Crippen LogP contribution >= 0.6 is 27.5 Å². The lowest BCUT2D eigenvalue weighted by atomic mass is 10.2. The molecule has 0 amide bonds. The second kappa shape index (κ2) is 5.43. The normalized spacial score (nSPS) is 12.8. The molecular formula is C16H13BrClFN2.